The van der Waals surface area contributed by atoms with E-state index in [2.05, 4.69) is 0 Å². The van der Waals surface area contributed by atoms with Crippen molar-refractivity contribution in [1.82, 2.24) is 0 Å². The van der Waals surface area contributed by atoms with Crippen molar-refractivity contribution in [3.63, 3.8) is 0 Å². The number of ether oxygens (including phenoxy) is 1. The fourth-order valence-electron chi connectivity index (χ4n) is 2.44. The van der Waals surface area contributed by atoms with Gasteiger partial charge in [0.1, 0.15) is 12.5 Å². The van der Waals surface area contributed by atoms with Crippen LogP contribution in [-0.4, -0.2) is 17.9 Å². The molecule has 1 heterocycles. The van der Waals surface area contributed by atoms with Crippen molar-refractivity contribution in [2.75, 3.05) is 0 Å². The first kappa shape index (κ1) is 9.69. The SMILES string of the molecule is O=C1CC(=O)C2CCCCCCC2O1. The zero-order chi connectivity index (χ0) is 9.97. The smallest absolute Gasteiger partial charge is 0.313 e. The highest BCUT2D eigenvalue weighted by atomic mass is 16.5. The Morgan fingerprint density at radius 3 is 2.50 bits per heavy atom. The minimum absolute atomic E-state index is 0.00116. The third kappa shape index (κ3) is 1.97. The van der Waals surface area contributed by atoms with Crippen LogP contribution in [0.25, 0.3) is 0 Å². The van der Waals surface area contributed by atoms with E-state index in [1.807, 2.05) is 0 Å². The van der Waals surface area contributed by atoms with E-state index in [0.717, 1.165) is 25.7 Å². The van der Waals surface area contributed by atoms with Gasteiger partial charge in [-0.3, -0.25) is 9.59 Å². The number of carbonyl (C=O) groups excluding carboxylic acids is 2. The number of carbonyl (C=O) groups is 2. The molecule has 2 aliphatic rings. The summed E-state index contributed by atoms with van der Waals surface area (Å²) in [4.78, 5) is 22.7. The Bertz CT molecular complexity index is 247. The zero-order valence-corrected chi connectivity index (χ0v) is 8.33. The fourth-order valence-corrected chi connectivity index (χ4v) is 2.44. The standard InChI is InChI=1S/C11H16O3/c12-9-7-11(13)14-10-6-4-2-1-3-5-8(9)10/h8,10H,1-7H2. The third-order valence-corrected chi connectivity index (χ3v) is 3.22. The Labute approximate surface area is 83.8 Å². The van der Waals surface area contributed by atoms with E-state index in [0.29, 0.717) is 0 Å². The summed E-state index contributed by atoms with van der Waals surface area (Å²) in [5, 5.41) is 0. The molecular weight excluding hydrogens is 180 g/mol. The van der Waals surface area contributed by atoms with E-state index < -0.39 is 0 Å². The lowest BCUT2D eigenvalue weighted by atomic mass is 9.83. The van der Waals surface area contributed by atoms with Gasteiger partial charge in [0.05, 0.1) is 5.92 Å². The van der Waals surface area contributed by atoms with Crippen molar-refractivity contribution in [2.24, 2.45) is 5.92 Å². The summed E-state index contributed by atoms with van der Waals surface area (Å²) in [6, 6.07) is 0. The minimum atomic E-state index is -0.322. The average molecular weight is 196 g/mol. The molecule has 2 fully saturated rings. The highest BCUT2D eigenvalue weighted by molar-refractivity contribution is 5.99. The number of rotatable bonds is 0. The molecule has 1 saturated carbocycles. The maximum Gasteiger partial charge on any atom is 0.313 e. The van der Waals surface area contributed by atoms with Crippen LogP contribution in [0.1, 0.15) is 44.9 Å². The Morgan fingerprint density at radius 1 is 1.00 bits per heavy atom. The molecule has 0 aromatic rings. The molecule has 1 saturated heterocycles. The first-order valence-electron chi connectivity index (χ1n) is 5.49. The summed E-state index contributed by atoms with van der Waals surface area (Å²) in [5.74, 6) is -0.210. The number of hydrogen-bond acceptors (Lipinski definition) is 3. The molecule has 0 spiro atoms. The Morgan fingerprint density at radius 2 is 1.71 bits per heavy atom. The maximum atomic E-state index is 11.6. The van der Waals surface area contributed by atoms with Crippen LogP contribution in [0.15, 0.2) is 0 Å². The van der Waals surface area contributed by atoms with Crippen LogP contribution in [0, 0.1) is 5.92 Å². The normalized spacial score (nSPS) is 34.0. The van der Waals surface area contributed by atoms with Gasteiger partial charge < -0.3 is 4.74 Å². The van der Waals surface area contributed by atoms with Crippen molar-refractivity contribution in [1.29, 1.82) is 0 Å². The number of ketones is 1. The van der Waals surface area contributed by atoms with E-state index in [1.54, 1.807) is 0 Å². The molecule has 2 atom stereocenters. The maximum absolute atomic E-state index is 11.6. The van der Waals surface area contributed by atoms with Crippen molar-refractivity contribution in [3.8, 4) is 0 Å². The molecule has 0 bridgehead atoms. The number of esters is 1. The largest absolute Gasteiger partial charge is 0.461 e. The van der Waals surface area contributed by atoms with Gasteiger partial charge in [0, 0.05) is 0 Å². The summed E-state index contributed by atoms with van der Waals surface area (Å²) in [7, 11) is 0. The predicted molar refractivity (Wildman–Crippen MR) is 50.7 cm³/mol. The van der Waals surface area contributed by atoms with E-state index in [1.165, 1.54) is 12.8 Å². The van der Waals surface area contributed by atoms with E-state index in [-0.39, 0.29) is 30.2 Å². The number of fused-ring (bicyclic) bond motifs is 1. The topological polar surface area (TPSA) is 43.4 Å². The number of hydrogen-bond donors (Lipinski definition) is 0. The van der Waals surface area contributed by atoms with Crippen molar-refractivity contribution in [3.05, 3.63) is 0 Å². The summed E-state index contributed by atoms with van der Waals surface area (Å²) < 4.78 is 5.24. The van der Waals surface area contributed by atoms with Crippen LogP contribution in [0.4, 0.5) is 0 Å². The molecule has 78 valence electrons. The van der Waals surface area contributed by atoms with Gasteiger partial charge in [-0.25, -0.2) is 0 Å². The molecule has 14 heavy (non-hydrogen) atoms. The van der Waals surface area contributed by atoms with Crippen molar-refractivity contribution in [2.45, 2.75) is 51.0 Å². The lowest BCUT2D eigenvalue weighted by Gasteiger charge is -2.31. The molecule has 0 N–H and O–H groups in total. The highest BCUT2D eigenvalue weighted by Gasteiger charge is 2.36. The lowest BCUT2D eigenvalue weighted by molar-refractivity contribution is -0.164. The Balaban J connectivity index is 2.06. The van der Waals surface area contributed by atoms with E-state index in [9.17, 15) is 9.59 Å². The molecule has 2 rings (SSSR count). The monoisotopic (exact) mass is 196 g/mol. The van der Waals surface area contributed by atoms with Crippen LogP contribution in [0.2, 0.25) is 0 Å². The third-order valence-electron chi connectivity index (χ3n) is 3.22. The molecule has 3 nitrogen and oxygen atoms in total. The molecule has 1 aliphatic carbocycles. The molecule has 0 aromatic carbocycles. The second kappa shape index (κ2) is 4.11. The Kier molecular flexibility index (Phi) is 2.85. The van der Waals surface area contributed by atoms with Gasteiger partial charge in [-0.15, -0.1) is 0 Å². The molecule has 3 heteroatoms. The molecule has 2 unspecified atom stereocenters. The molecular formula is C11H16O3. The predicted octanol–water partition coefficient (Wildman–Crippen LogP) is 1.84. The average Bonchev–Trinajstić information content (AvgIpc) is 2.07. The van der Waals surface area contributed by atoms with Crippen LogP contribution >= 0.6 is 0 Å². The van der Waals surface area contributed by atoms with E-state index >= 15 is 0 Å². The molecule has 0 amide bonds. The Hall–Kier alpha value is -0.860. The van der Waals surface area contributed by atoms with Gasteiger partial charge in [-0.1, -0.05) is 19.3 Å². The highest BCUT2D eigenvalue weighted by Crippen LogP contribution is 2.29. The molecule has 0 radical (unpaired) electrons. The number of Topliss-reactive ketones (excluding diaryl/α,β-unsaturated/α-hetero) is 1. The lowest BCUT2D eigenvalue weighted by Crippen LogP contribution is -2.39. The van der Waals surface area contributed by atoms with Crippen molar-refractivity contribution >= 4 is 11.8 Å². The second-order valence-electron chi connectivity index (χ2n) is 4.27. The van der Waals surface area contributed by atoms with Crippen LogP contribution in [-0.2, 0) is 14.3 Å². The van der Waals surface area contributed by atoms with Gasteiger partial charge in [-0.2, -0.15) is 0 Å². The summed E-state index contributed by atoms with van der Waals surface area (Å²) >= 11 is 0. The van der Waals surface area contributed by atoms with Gasteiger partial charge in [-0.05, 0) is 19.3 Å². The quantitative estimate of drug-likeness (QED) is 0.438. The fraction of sp³-hybridized carbons (Fsp3) is 0.818. The summed E-state index contributed by atoms with van der Waals surface area (Å²) in [5.41, 5.74) is 0. The van der Waals surface area contributed by atoms with Crippen LogP contribution < -0.4 is 0 Å². The zero-order valence-electron chi connectivity index (χ0n) is 8.33. The summed E-state index contributed by atoms with van der Waals surface area (Å²) in [6.07, 6.45) is 6.29. The first-order valence-corrected chi connectivity index (χ1v) is 5.49. The summed E-state index contributed by atoms with van der Waals surface area (Å²) in [6.45, 7) is 0. The van der Waals surface area contributed by atoms with Gasteiger partial charge in [0.15, 0.2) is 5.78 Å². The molecule has 0 aromatic heterocycles. The van der Waals surface area contributed by atoms with Crippen LogP contribution in [0.3, 0.4) is 0 Å². The second-order valence-corrected chi connectivity index (χ2v) is 4.27. The molecule has 1 aliphatic heterocycles. The van der Waals surface area contributed by atoms with E-state index in [4.69, 9.17) is 4.74 Å². The first-order chi connectivity index (χ1) is 6.77. The minimum Gasteiger partial charge on any atom is -0.461 e. The van der Waals surface area contributed by atoms with Crippen molar-refractivity contribution < 1.29 is 14.3 Å². The van der Waals surface area contributed by atoms with Gasteiger partial charge in [0.25, 0.3) is 0 Å². The van der Waals surface area contributed by atoms with Crippen LogP contribution in [0.5, 0.6) is 0 Å². The van der Waals surface area contributed by atoms with Gasteiger partial charge >= 0.3 is 5.97 Å². The van der Waals surface area contributed by atoms with Gasteiger partial charge in [0.2, 0.25) is 0 Å².